The van der Waals surface area contributed by atoms with Gasteiger partial charge in [-0.05, 0) is 34.6 Å². The molecule has 0 saturated carbocycles. The van der Waals surface area contributed by atoms with E-state index in [2.05, 4.69) is 34.1 Å². The first-order chi connectivity index (χ1) is 66.0. The van der Waals surface area contributed by atoms with Crippen molar-refractivity contribution in [3.8, 4) is 0 Å². The fraction of sp³-hybridized carbons (Fsp3) is 0.653. The fourth-order valence-electron chi connectivity index (χ4n) is 17.6. The van der Waals surface area contributed by atoms with Crippen LogP contribution in [0, 0.1) is 25.5 Å². The Kier molecular flexibility index (Phi) is 43.7. The van der Waals surface area contributed by atoms with E-state index in [0.717, 1.165) is 38.8 Å². The number of hydrogen-bond donors (Lipinski definition) is 13. The molecule has 7 aromatic heterocycles. The van der Waals surface area contributed by atoms with Crippen molar-refractivity contribution in [2.75, 3.05) is 111 Å². The van der Waals surface area contributed by atoms with E-state index in [4.69, 9.17) is 81.2 Å². The molecule has 7 aromatic rings. The van der Waals surface area contributed by atoms with Crippen LogP contribution in [-0.4, -0.2) is 321 Å². The number of aryl methyl sites for hydroxylation is 2. The summed E-state index contributed by atoms with van der Waals surface area (Å²) in [5.74, 6) is -2.37. The summed E-state index contributed by atoms with van der Waals surface area (Å²) in [6.07, 6.45) is -26.6. The summed E-state index contributed by atoms with van der Waals surface area (Å²) in [7, 11) is -14.4. The Morgan fingerprint density at radius 2 is 0.682 bits per heavy atom. The number of H-pyrrole nitrogens is 5. The molecule has 56 nitrogen and oxygen atoms in total. The Morgan fingerprint density at radius 3 is 1.02 bits per heavy atom. The van der Waals surface area contributed by atoms with Crippen LogP contribution in [-0.2, 0) is 308 Å². The van der Waals surface area contributed by atoms with Gasteiger partial charge in [-0.15, -0.1) is 0 Å². The maximum atomic E-state index is 14.1. The molecule has 0 aromatic carbocycles. The zero-order chi connectivity index (χ0) is 105. The van der Waals surface area contributed by atoms with E-state index >= 15 is 0 Å². The van der Waals surface area contributed by atoms with Crippen molar-refractivity contribution in [1.29, 1.82) is 0 Å². The second kappa shape index (κ2) is 49.3. The summed E-state index contributed by atoms with van der Waals surface area (Å²) in [5, 5.41) is 62.2. The van der Waals surface area contributed by atoms with Crippen LogP contribution in [0.2, 0.25) is 0 Å². The fourth-order valence-corrected chi connectivity index (χ4v) is 20.2. The van der Waals surface area contributed by atoms with Crippen LogP contribution in [0.4, 0.5) is 46.9 Å². The number of hydrogen-bond acceptors (Lipinski definition) is 45. The predicted molar refractivity (Wildman–Crippen MR) is 461 cm³/mol. The monoisotopic (exact) mass is 2690 g/mol. The Labute approximate surface area is 977 Å². The van der Waals surface area contributed by atoms with Crippen LogP contribution in [0.3, 0.4) is 0 Å². The van der Waals surface area contributed by atoms with Gasteiger partial charge in [-0.2, -0.15) is 45.1 Å². The number of nitrogens with one attached hydrogen (secondary N) is 5. The second-order valence-corrected chi connectivity index (χ2v) is 42.4. The van der Waals surface area contributed by atoms with Crippen LogP contribution in [0.25, 0.3) is 11.2 Å². The molecule has 0 amide bonds. The summed E-state index contributed by atoms with van der Waals surface area (Å²) in [5.41, 5.74) is -11.1. The number of aliphatic hydroxyl groups is 6. The van der Waals surface area contributed by atoms with Crippen molar-refractivity contribution in [1.82, 2.24) is 67.3 Å². The SMILES string of the molecule is C[PH](=O)OC[C@]12CO[C@](C)([C@@H]1O)[C@H](n1cc(F)c(=O)[nH]c1=O)O2.C[PH](=O)OC[C@]12CO[C@](C)([C@@H]1O)[C@H](n1cnc3c(N)nc(N)nc31)O2.C[PH](=O)OC[C@]12O[C@@H](n3cc(F)c(=O)[nH]c3=O)[C@H](OC1(F)F)[C@@H]2O.C[PH](=O)OC[C@]12O[C@@H](n3ccc(=O)[nH]c3=O)[C@H](OC1(F)F)[C@@H]2O.Cc1cn([C@@H]2O[C@@]3(CO[PH](C)=O)CO[C@]2(C)[C@@H]3O)c(=O)[nH]c1=O.Cc1cn([C@@H]2O[C@]3(CO[PH](C)=O)[C@@H](O)[C@H]2OC3(F)F)c(=O)[nH]c1=O.[Y].[Y].[Y].[Y].[Y].[Y]. The number of nitrogens with zero attached hydrogens (tertiary/aromatic N) is 9. The summed E-state index contributed by atoms with van der Waals surface area (Å²) in [6, 6.07) is 0.995. The molecule has 12 bridgehead atoms. The molecule has 19 rings (SSSR count). The Hall–Kier alpha value is -1.97. The zero-order valence-corrected chi connectivity index (χ0v) is 102. The number of anilines is 2. The van der Waals surface area contributed by atoms with Gasteiger partial charge in [0, 0.05) is 272 Å². The quantitative estimate of drug-likeness (QED) is 0.0205. The second-order valence-electron chi connectivity index (χ2n) is 34.8. The van der Waals surface area contributed by atoms with Gasteiger partial charge in [-0.3, -0.25) is 104 Å². The smallest absolute Gasteiger partial charge is 0.387 e. The number of imidazole rings is 1. The van der Waals surface area contributed by atoms with Gasteiger partial charge in [0.1, 0.15) is 94.1 Å². The molecule has 6 unspecified atom stereocenters. The number of alkyl halides is 6. The van der Waals surface area contributed by atoms with Crippen LogP contribution in [0.15, 0.2) is 91.3 Å². The van der Waals surface area contributed by atoms with E-state index in [9.17, 15) is 141 Å². The minimum Gasteiger partial charge on any atom is -0.387 e. The van der Waals surface area contributed by atoms with Gasteiger partial charge in [0.05, 0.1) is 78.2 Å². The van der Waals surface area contributed by atoms with Crippen molar-refractivity contribution in [3.05, 3.63) is 170 Å². The number of fused-ring (bicyclic) bond motifs is 13. The number of nitrogens with two attached hydrogens (primary N) is 2. The molecule has 0 spiro atoms. The van der Waals surface area contributed by atoms with E-state index in [-0.39, 0.29) is 253 Å². The van der Waals surface area contributed by atoms with Crippen LogP contribution in [0.1, 0.15) is 69.3 Å². The summed E-state index contributed by atoms with van der Waals surface area (Å²) in [4.78, 5) is 137. The average Bonchev–Trinajstić information content (AvgIpc) is 1.54. The van der Waals surface area contributed by atoms with Gasteiger partial charge in [0.25, 0.3) is 27.8 Å². The Morgan fingerprint density at radius 1 is 0.399 bits per heavy atom. The van der Waals surface area contributed by atoms with E-state index in [1.807, 2.05) is 15.0 Å². The number of halogens is 8. The van der Waals surface area contributed by atoms with Crippen molar-refractivity contribution < 1.29 is 373 Å². The molecule has 30 atom stereocenters. The number of aromatic amines is 5. The molecule has 806 valence electrons. The minimum absolute atomic E-state index is 0. The van der Waals surface area contributed by atoms with E-state index in [0.29, 0.717) is 33.7 Å². The topological polar surface area (TPSA) is 760 Å². The third-order valence-corrected chi connectivity index (χ3v) is 28.4. The molecular formula is C72H94F8N16O40P6Y6. The Balaban J connectivity index is 0.000000215. The standard InChI is InChI=1S/C13H19N6O5P.C13H19N2O7P.C12H15F2N2O7P.C12H16FN2O7P.C11H12F3N2O7P.C11H13F2N2O7P.6Y/c1-12-9(20)13(3-22-12,4-23-25(2)21)24-10(12)19-5-16-6-7(14)17-11(15)18-8(6)19;1-7-4-15(11(18)14-8(7)16)10-12(2)9(17)13(22-10,5-20-12)6-21-23(3)19;1-5-3-16(10(19)15-8(5)18)9-6-7(17)11(23-9,4-21-24(2)20)12(13,14)22-6;1-11-8(17)12(4-20-11,5-21-23(2)19)22-9(11)15-3-6(13)7(16)14-10(15)18;1-24(20)21-3-10-6(17)5(22-11(10,13)14)8(23-10)16-2-4(12)7(18)15-9(16)19;1-23(19)20-4-10-7(17)6(21-11(10,12)13)8(22-10)15-3-2-5(16)14-9(15)18;;;;;;/h5,9-10,20,25H,3-4H2,1-2H3,(H4,14,15,17,18);4,9-10,17,23H,5-6H2,1-3H3,(H,14,16,18);3,6-7,9,17,24H,4H2,1-2H3,(H,15,18,19);3,8-9,17,23H,4-5H2,1-2H3,(H,14,16,18);2,5-6,8,17,24H,3H2,1H3,(H,15,18,19);2-3,6-8,17,23H,4H2,1H3,(H,14,16,18);;;;;;/t2*9-,10+,12+,13+;6-,7+,9-,11-;8-,9+,11+,12+;5-,6+,8-,10-;6-,7+,8-,10-;;;;;;/m001011....../s1. The predicted octanol–water partition coefficient (Wildman–Crippen LogP) is -3.61. The first-order valence-corrected chi connectivity index (χ1v) is 52.7. The van der Waals surface area contributed by atoms with Crippen LogP contribution >= 0.6 is 48.2 Å². The molecule has 12 fully saturated rings. The summed E-state index contributed by atoms with van der Waals surface area (Å²) in [6.45, 7) is 12.7. The number of rotatable bonds is 24. The van der Waals surface area contributed by atoms with E-state index in [1.165, 1.54) is 64.3 Å². The van der Waals surface area contributed by atoms with Crippen molar-refractivity contribution >= 4 is 71.1 Å². The first-order valence-electron chi connectivity index (χ1n) is 41.8. The van der Waals surface area contributed by atoms with Crippen LogP contribution < -0.4 is 67.7 Å². The van der Waals surface area contributed by atoms with Gasteiger partial charge < -0.3 is 126 Å². The third kappa shape index (κ3) is 24.2. The molecule has 12 aliphatic rings. The van der Waals surface area contributed by atoms with Crippen molar-refractivity contribution in [2.45, 2.75) is 196 Å². The van der Waals surface area contributed by atoms with Crippen molar-refractivity contribution in [2.24, 2.45) is 0 Å². The van der Waals surface area contributed by atoms with Gasteiger partial charge in [0.2, 0.25) is 34.4 Å². The number of aromatic nitrogens is 14. The molecule has 0 aliphatic carbocycles. The normalized spacial score (nSPS) is 34.6. The van der Waals surface area contributed by atoms with Gasteiger partial charge in [0.15, 0.2) is 97.0 Å². The molecule has 12 aliphatic heterocycles. The van der Waals surface area contributed by atoms with Crippen LogP contribution in [0.5, 0.6) is 0 Å². The molecule has 76 heteroatoms. The number of ether oxygens (including phenoxy) is 12. The third-order valence-electron chi connectivity index (χ3n) is 25.1. The minimum atomic E-state index is -3.99. The van der Waals surface area contributed by atoms with Gasteiger partial charge in [-0.25, -0.2) is 29.0 Å². The number of aliphatic hydroxyl groups excluding tert-OH is 6. The molecule has 12 saturated heterocycles. The first kappa shape index (κ1) is 131. The molecule has 19 heterocycles. The van der Waals surface area contributed by atoms with Gasteiger partial charge in [-0.1, -0.05) is 0 Å². The Bertz CT molecular complexity index is 6650. The van der Waals surface area contributed by atoms with E-state index < -0.39 is 297 Å². The molecule has 6 radical (unpaired) electrons. The van der Waals surface area contributed by atoms with E-state index in [1.54, 1.807) is 30.3 Å². The maximum absolute atomic E-state index is 14.1. The maximum Gasteiger partial charge on any atom is 0.390 e. The molecule has 148 heavy (non-hydrogen) atoms. The average molecular weight is 2690 g/mol. The summed E-state index contributed by atoms with van der Waals surface area (Å²) >= 11 is 0. The number of nitrogen functional groups attached to an aromatic ring is 2. The van der Waals surface area contributed by atoms with Gasteiger partial charge >= 0.3 is 46.8 Å². The van der Waals surface area contributed by atoms with Crippen molar-refractivity contribution in [3.63, 3.8) is 0 Å². The zero-order valence-electron chi connectivity index (χ0n) is 78.8. The molecular weight excluding hydrogens is 2600 g/mol. The summed E-state index contributed by atoms with van der Waals surface area (Å²) < 4.78 is 278. The molecule has 15 N–H and O–H groups in total. The largest absolute Gasteiger partial charge is 0.390 e.